The number of carbonyl (C=O) groups excluding carboxylic acids is 1. The average Bonchev–Trinajstić information content (AvgIpc) is 2.46. The number of hydrogen-bond donors (Lipinski definition) is 2. The van der Waals surface area contributed by atoms with Gasteiger partial charge in [-0.1, -0.05) is 0 Å². The Labute approximate surface area is 106 Å². The fourth-order valence-electron chi connectivity index (χ4n) is 1.82. The molecule has 0 unspecified atom stereocenters. The van der Waals surface area contributed by atoms with Crippen LogP contribution in [0.3, 0.4) is 0 Å². The Bertz CT molecular complexity index is 483. The molecule has 2 N–H and O–H groups in total. The summed E-state index contributed by atoms with van der Waals surface area (Å²) in [7, 11) is 3.16. The minimum atomic E-state index is -0.459. The summed E-state index contributed by atoms with van der Waals surface area (Å²) in [5.41, 5.74) is 1.09. The molecule has 1 aliphatic rings. The highest BCUT2D eigenvalue weighted by molar-refractivity contribution is 6.00. The van der Waals surface area contributed by atoms with E-state index in [1.54, 1.807) is 20.3 Å². The van der Waals surface area contributed by atoms with Crippen molar-refractivity contribution in [3.05, 3.63) is 12.1 Å². The van der Waals surface area contributed by atoms with Gasteiger partial charge in [-0.15, -0.1) is 0 Å². The molecule has 0 aromatic heterocycles. The highest BCUT2D eigenvalue weighted by atomic mass is 16.5. The summed E-state index contributed by atoms with van der Waals surface area (Å²) >= 11 is 0. The molecule has 5 nitrogen and oxygen atoms in total. The Kier molecular flexibility index (Phi) is 3.07. The number of fused-ring (bicyclic) bond motifs is 1. The molecule has 1 amide bonds. The molecule has 1 aromatic rings. The summed E-state index contributed by atoms with van der Waals surface area (Å²) in [4.78, 5) is 12.0. The van der Waals surface area contributed by atoms with E-state index in [0.717, 1.165) is 5.69 Å². The van der Waals surface area contributed by atoms with Crippen molar-refractivity contribution in [1.82, 2.24) is 0 Å². The maximum atomic E-state index is 12.0. The molecule has 1 aromatic carbocycles. The largest absolute Gasteiger partial charge is 0.493 e. The van der Waals surface area contributed by atoms with Crippen LogP contribution >= 0.6 is 0 Å². The molecule has 0 spiro atoms. The SMILES string of the molecule is COc1cc2c(cc1OC)NC(=O)C(C)(C)CN2. The Hall–Kier alpha value is -1.91. The zero-order chi connectivity index (χ0) is 13.3. The minimum absolute atomic E-state index is 0.0130. The van der Waals surface area contributed by atoms with Crippen LogP contribution in [0.1, 0.15) is 13.8 Å². The molecular formula is C13H18N2O3. The standard InChI is InChI=1S/C13H18N2O3/c1-13(2)7-14-8-5-10(17-3)11(18-4)6-9(8)15-12(13)16/h5-6,14H,7H2,1-4H3,(H,15,16). The summed E-state index contributed by atoms with van der Waals surface area (Å²) in [6.45, 7) is 4.37. The van der Waals surface area contributed by atoms with Crippen LogP contribution in [0.5, 0.6) is 11.5 Å². The summed E-state index contributed by atoms with van der Waals surface area (Å²) in [6, 6.07) is 3.59. The quantitative estimate of drug-likeness (QED) is 0.843. The molecule has 0 radical (unpaired) electrons. The predicted molar refractivity (Wildman–Crippen MR) is 70.4 cm³/mol. The molecule has 0 saturated heterocycles. The maximum absolute atomic E-state index is 12.0. The lowest BCUT2D eigenvalue weighted by Gasteiger charge is -2.19. The molecule has 5 heteroatoms. The van der Waals surface area contributed by atoms with Crippen molar-refractivity contribution in [3.63, 3.8) is 0 Å². The average molecular weight is 250 g/mol. The molecule has 0 aliphatic carbocycles. The lowest BCUT2D eigenvalue weighted by molar-refractivity contribution is -0.123. The van der Waals surface area contributed by atoms with Crippen LogP contribution in [0.15, 0.2) is 12.1 Å². The van der Waals surface area contributed by atoms with E-state index in [2.05, 4.69) is 10.6 Å². The molecule has 18 heavy (non-hydrogen) atoms. The van der Waals surface area contributed by atoms with Gasteiger partial charge in [-0.3, -0.25) is 4.79 Å². The van der Waals surface area contributed by atoms with E-state index in [0.29, 0.717) is 23.7 Å². The van der Waals surface area contributed by atoms with Crippen LogP contribution in [-0.4, -0.2) is 26.7 Å². The first-order chi connectivity index (χ1) is 8.47. The first kappa shape index (κ1) is 12.5. The second-order valence-corrected chi connectivity index (χ2v) is 4.94. The first-order valence-corrected chi connectivity index (χ1v) is 5.79. The molecule has 0 atom stereocenters. The van der Waals surface area contributed by atoms with Crippen LogP contribution < -0.4 is 20.1 Å². The van der Waals surface area contributed by atoms with E-state index in [1.807, 2.05) is 19.9 Å². The number of rotatable bonds is 2. The van der Waals surface area contributed by atoms with Gasteiger partial charge in [0.05, 0.1) is 31.0 Å². The third-order valence-corrected chi connectivity index (χ3v) is 3.11. The van der Waals surface area contributed by atoms with Crippen molar-refractivity contribution in [1.29, 1.82) is 0 Å². The zero-order valence-corrected chi connectivity index (χ0v) is 11.1. The smallest absolute Gasteiger partial charge is 0.231 e. The lowest BCUT2D eigenvalue weighted by Crippen LogP contribution is -2.34. The van der Waals surface area contributed by atoms with Crippen LogP contribution in [0.4, 0.5) is 11.4 Å². The van der Waals surface area contributed by atoms with Crippen molar-refractivity contribution >= 4 is 17.3 Å². The Morgan fingerprint density at radius 2 is 1.67 bits per heavy atom. The number of ether oxygens (including phenoxy) is 2. The number of anilines is 2. The number of nitrogens with one attached hydrogen (secondary N) is 2. The second kappa shape index (κ2) is 4.40. The van der Waals surface area contributed by atoms with Crippen LogP contribution in [-0.2, 0) is 4.79 Å². The molecule has 0 saturated carbocycles. The molecule has 1 aliphatic heterocycles. The molecule has 2 rings (SSSR count). The fourth-order valence-corrected chi connectivity index (χ4v) is 1.82. The zero-order valence-electron chi connectivity index (χ0n) is 11.1. The lowest BCUT2D eigenvalue weighted by atomic mass is 9.93. The molecule has 98 valence electrons. The monoisotopic (exact) mass is 250 g/mol. The number of carbonyl (C=O) groups is 1. The van der Waals surface area contributed by atoms with Crippen molar-refractivity contribution in [2.24, 2.45) is 5.41 Å². The number of benzene rings is 1. The van der Waals surface area contributed by atoms with E-state index < -0.39 is 5.41 Å². The first-order valence-electron chi connectivity index (χ1n) is 5.79. The molecule has 0 fully saturated rings. The highest BCUT2D eigenvalue weighted by Gasteiger charge is 2.31. The summed E-state index contributed by atoms with van der Waals surface area (Å²) in [6.07, 6.45) is 0. The molecular weight excluding hydrogens is 232 g/mol. The van der Waals surface area contributed by atoms with Gasteiger partial charge < -0.3 is 20.1 Å². The van der Waals surface area contributed by atoms with Crippen LogP contribution in [0, 0.1) is 5.41 Å². The number of hydrogen-bond acceptors (Lipinski definition) is 4. The second-order valence-electron chi connectivity index (χ2n) is 4.94. The van der Waals surface area contributed by atoms with Crippen molar-refractivity contribution in [2.45, 2.75) is 13.8 Å². The topological polar surface area (TPSA) is 59.6 Å². The van der Waals surface area contributed by atoms with Gasteiger partial charge in [0.25, 0.3) is 0 Å². The number of amides is 1. The van der Waals surface area contributed by atoms with Gasteiger partial charge in [-0.2, -0.15) is 0 Å². The van der Waals surface area contributed by atoms with Gasteiger partial charge in [0.1, 0.15) is 0 Å². The normalized spacial score (nSPS) is 17.0. The summed E-state index contributed by atoms with van der Waals surface area (Å²) < 4.78 is 10.5. The van der Waals surface area contributed by atoms with E-state index in [4.69, 9.17) is 9.47 Å². The number of methoxy groups -OCH3 is 2. The third kappa shape index (κ3) is 2.08. The Morgan fingerprint density at radius 1 is 1.11 bits per heavy atom. The van der Waals surface area contributed by atoms with E-state index in [-0.39, 0.29) is 5.91 Å². The van der Waals surface area contributed by atoms with Gasteiger partial charge in [0, 0.05) is 18.7 Å². The Morgan fingerprint density at radius 3 is 2.22 bits per heavy atom. The van der Waals surface area contributed by atoms with Crippen molar-refractivity contribution < 1.29 is 14.3 Å². The highest BCUT2D eigenvalue weighted by Crippen LogP contribution is 2.39. The van der Waals surface area contributed by atoms with Crippen molar-refractivity contribution in [2.75, 3.05) is 31.4 Å². The van der Waals surface area contributed by atoms with Gasteiger partial charge in [-0.05, 0) is 13.8 Å². The predicted octanol–water partition coefficient (Wildman–Crippen LogP) is 2.09. The fraction of sp³-hybridized carbons (Fsp3) is 0.462. The summed E-state index contributed by atoms with van der Waals surface area (Å²) in [5, 5.41) is 6.15. The maximum Gasteiger partial charge on any atom is 0.231 e. The molecule has 1 heterocycles. The van der Waals surface area contributed by atoms with Crippen LogP contribution in [0.25, 0.3) is 0 Å². The van der Waals surface area contributed by atoms with E-state index in [9.17, 15) is 4.79 Å². The summed E-state index contributed by atoms with van der Waals surface area (Å²) in [5.74, 6) is 1.22. The van der Waals surface area contributed by atoms with Crippen LogP contribution in [0.2, 0.25) is 0 Å². The van der Waals surface area contributed by atoms with Gasteiger partial charge >= 0.3 is 0 Å². The van der Waals surface area contributed by atoms with E-state index >= 15 is 0 Å². The minimum Gasteiger partial charge on any atom is -0.493 e. The Balaban J connectivity index is 2.45. The van der Waals surface area contributed by atoms with Crippen molar-refractivity contribution in [3.8, 4) is 11.5 Å². The van der Waals surface area contributed by atoms with Gasteiger partial charge in [0.15, 0.2) is 11.5 Å². The van der Waals surface area contributed by atoms with Gasteiger partial charge in [-0.25, -0.2) is 0 Å². The molecule has 0 bridgehead atoms. The van der Waals surface area contributed by atoms with E-state index in [1.165, 1.54) is 0 Å². The third-order valence-electron chi connectivity index (χ3n) is 3.11. The van der Waals surface area contributed by atoms with Gasteiger partial charge in [0.2, 0.25) is 5.91 Å².